The minimum atomic E-state index is -0.351. The van der Waals surface area contributed by atoms with Gasteiger partial charge in [0.15, 0.2) is 17.2 Å². The maximum absolute atomic E-state index is 15.9. The molecule has 4 nitrogen and oxygen atoms in total. The maximum atomic E-state index is 15.9. The van der Waals surface area contributed by atoms with E-state index in [4.69, 9.17) is 14.5 Å². The first kappa shape index (κ1) is 32.7. The van der Waals surface area contributed by atoms with Gasteiger partial charge in [0.25, 0.3) is 0 Å². The molecule has 0 atom stereocenters. The summed E-state index contributed by atoms with van der Waals surface area (Å²) in [5.74, 6) is -0.121. The molecule has 0 saturated carbocycles. The van der Waals surface area contributed by atoms with Gasteiger partial charge < -0.3 is 9.52 Å². The topological polar surface area (TPSA) is 63.3 Å². The van der Waals surface area contributed by atoms with Gasteiger partial charge >= 0.3 is 0 Å². The van der Waals surface area contributed by atoms with Crippen LogP contribution in [-0.4, -0.2) is 15.9 Å². The molecule has 0 spiro atoms. The van der Waals surface area contributed by atoms with Crippen molar-refractivity contribution in [1.82, 2.24) is 4.98 Å². The molecular weight excluding hydrogens is 754 g/mol. The fraction of sp³-hybridized carbons (Fsp3) is 0.150. The number of aryl methyl sites for hydroxylation is 1. The summed E-state index contributed by atoms with van der Waals surface area (Å²) in [5, 5.41) is 14.6. The summed E-state index contributed by atoms with van der Waals surface area (Å²) in [6, 6.07) is 32.0. The van der Waals surface area contributed by atoms with E-state index in [0.29, 0.717) is 22.8 Å². The predicted molar refractivity (Wildman–Crippen MR) is 182 cm³/mol. The van der Waals surface area contributed by atoms with Crippen molar-refractivity contribution in [3.05, 3.63) is 126 Å². The van der Waals surface area contributed by atoms with E-state index < -0.39 is 0 Å². The summed E-state index contributed by atoms with van der Waals surface area (Å²) in [6.45, 7) is 9.25. The molecule has 1 N–H and O–H groups in total. The van der Waals surface area contributed by atoms with Gasteiger partial charge in [-0.25, -0.2) is 4.39 Å². The van der Waals surface area contributed by atoms with E-state index in [-0.39, 0.29) is 43.0 Å². The number of nitrogens with zero attached hydrogens (tertiary/aromatic N) is 1. The third kappa shape index (κ3) is 6.11. The van der Waals surface area contributed by atoms with Gasteiger partial charge in [0.1, 0.15) is 5.58 Å². The second-order valence-corrected chi connectivity index (χ2v) is 11.7. The van der Waals surface area contributed by atoms with E-state index in [1.165, 1.54) is 41.6 Å². The Balaban J connectivity index is 0.000000471. The molecule has 2 heterocycles. The first-order chi connectivity index (χ1) is 21.6. The van der Waals surface area contributed by atoms with E-state index in [0.717, 1.165) is 32.8 Å². The average molecular weight is 787 g/mol. The zero-order chi connectivity index (χ0) is 31.8. The van der Waals surface area contributed by atoms with Gasteiger partial charge in [-0.05, 0) is 60.7 Å². The molecule has 0 saturated heterocycles. The van der Waals surface area contributed by atoms with Crippen LogP contribution in [0.3, 0.4) is 0 Å². The number of halogens is 1. The SMILES string of the molecule is CC(=O)/C=C(/C)O.Cc1ccccc1-c1ccc2c(oc3c(-c4[c-]c5ccc6ccccc6c5c(C(C)C)c4)nccc32)c1F.[Ir]. The van der Waals surface area contributed by atoms with Crippen molar-refractivity contribution < 1.29 is 38.8 Å². The van der Waals surface area contributed by atoms with Crippen molar-refractivity contribution in [2.75, 3.05) is 0 Å². The monoisotopic (exact) mass is 787 g/mol. The Morgan fingerprint density at radius 1 is 0.891 bits per heavy atom. The van der Waals surface area contributed by atoms with Crippen molar-refractivity contribution in [3.8, 4) is 22.4 Å². The van der Waals surface area contributed by atoms with Crippen LogP contribution in [0.2, 0.25) is 0 Å². The molecular formula is C40H33FIrNO3-. The molecule has 0 aliphatic carbocycles. The first-order valence-corrected chi connectivity index (χ1v) is 15.0. The number of rotatable bonds is 4. The second kappa shape index (κ2) is 13.4. The van der Waals surface area contributed by atoms with Crippen LogP contribution in [0.15, 0.2) is 107 Å². The summed E-state index contributed by atoms with van der Waals surface area (Å²) in [7, 11) is 0. The van der Waals surface area contributed by atoms with Crippen molar-refractivity contribution in [2.24, 2.45) is 0 Å². The quantitative estimate of drug-likeness (QED) is 0.0835. The van der Waals surface area contributed by atoms with E-state index >= 15 is 4.39 Å². The number of hydrogen-bond acceptors (Lipinski definition) is 4. The fourth-order valence-electron chi connectivity index (χ4n) is 5.98. The first-order valence-electron chi connectivity index (χ1n) is 15.0. The molecule has 233 valence electrons. The number of aromatic nitrogens is 1. The third-order valence-electron chi connectivity index (χ3n) is 8.01. The summed E-state index contributed by atoms with van der Waals surface area (Å²) < 4.78 is 22.2. The number of aliphatic hydroxyl groups excluding tert-OH is 1. The molecule has 2 aromatic heterocycles. The van der Waals surface area contributed by atoms with Crippen LogP contribution >= 0.6 is 0 Å². The number of fused-ring (bicyclic) bond motifs is 6. The molecule has 0 amide bonds. The number of carbonyl (C=O) groups is 1. The zero-order valence-corrected chi connectivity index (χ0v) is 28.6. The number of pyridine rings is 1. The van der Waals surface area contributed by atoms with E-state index in [2.05, 4.69) is 62.4 Å². The van der Waals surface area contributed by atoms with Crippen molar-refractivity contribution in [1.29, 1.82) is 0 Å². The molecule has 6 heteroatoms. The molecule has 5 aromatic carbocycles. The third-order valence-corrected chi connectivity index (χ3v) is 8.01. The molecule has 7 rings (SSSR count). The van der Waals surface area contributed by atoms with E-state index in [1.54, 1.807) is 6.20 Å². The molecule has 0 aliphatic heterocycles. The fourth-order valence-corrected chi connectivity index (χ4v) is 5.98. The van der Waals surface area contributed by atoms with Crippen LogP contribution in [0.5, 0.6) is 0 Å². The van der Waals surface area contributed by atoms with Crippen LogP contribution in [0, 0.1) is 18.8 Å². The van der Waals surface area contributed by atoms with Crippen LogP contribution in [0.1, 0.15) is 44.7 Å². The number of aliphatic hydroxyl groups is 1. The minimum absolute atomic E-state index is 0. The van der Waals surface area contributed by atoms with Crippen LogP contribution < -0.4 is 0 Å². The standard InChI is InChI=1S/C35H25FNO.C5H8O2.Ir/c1-20(2)30-19-24(18-23-13-12-22-9-5-7-11-26(22)31(23)30)33-35-29(16-17-37-33)28-15-14-27(32(36)34(28)38-35)25-10-6-4-8-21(25)3;1-4(6)3-5(2)7;/h4-17,19-20H,1-3H3;3,6H,1-2H3;/q-1;;/b;4-3-;. The molecule has 7 aromatic rings. The van der Waals surface area contributed by atoms with Crippen LogP contribution in [0.4, 0.5) is 4.39 Å². The molecule has 0 unspecified atom stereocenters. The van der Waals surface area contributed by atoms with Gasteiger partial charge in [0.05, 0.1) is 5.76 Å². The van der Waals surface area contributed by atoms with Gasteiger partial charge in [-0.2, -0.15) is 0 Å². The number of allylic oxidation sites excluding steroid dienone is 2. The Labute approximate surface area is 280 Å². The number of carbonyl (C=O) groups excluding carboxylic acids is 1. The summed E-state index contributed by atoms with van der Waals surface area (Å²) in [5.41, 5.74) is 6.00. The second-order valence-electron chi connectivity index (χ2n) is 11.7. The van der Waals surface area contributed by atoms with Gasteiger partial charge in [-0.15, -0.1) is 29.1 Å². The Hall–Kier alpha value is -4.64. The normalized spacial score (nSPS) is 11.6. The smallest absolute Gasteiger partial charge is 0.174 e. The van der Waals surface area contributed by atoms with Crippen molar-refractivity contribution in [2.45, 2.75) is 40.5 Å². The number of hydrogen-bond donors (Lipinski definition) is 1. The summed E-state index contributed by atoms with van der Waals surface area (Å²) in [4.78, 5) is 14.7. The van der Waals surface area contributed by atoms with Gasteiger partial charge in [0, 0.05) is 54.4 Å². The van der Waals surface area contributed by atoms with Crippen LogP contribution in [-0.2, 0) is 24.9 Å². The Morgan fingerprint density at radius 2 is 1.61 bits per heavy atom. The number of furan rings is 1. The summed E-state index contributed by atoms with van der Waals surface area (Å²) in [6.07, 6.45) is 2.94. The zero-order valence-electron chi connectivity index (χ0n) is 26.2. The van der Waals surface area contributed by atoms with E-state index in [1.807, 2.05) is 49.4 Å². The number of benzene rings is 5. The Morgan fingerprint density at radius 3 is 2.30 bits per heavy atom. The molecule has 1 radical (unpaired) electrons. The molecule has 0 bridgehead atoms. The maximum Gasteiger partial charge on any atom is 0.174 e. The van der Waals surface area contributed by atoms with Gasteiger partial charge in [-0.3, -0.25) is 9.78 Å². The Kier molecular flexibility index (Phi) is 9.52. The van der Waals surface area contributed by atoms with Crippen molar-refractivity contribution in [3.63, 3.8) is 0 Å². The van der Waals surface area contributed by atoms with Crippen molar-refractivity contribution >= 4 is 49.3 Å². The van der Waals surface area contributed by atoms with Gasteiger partial charge in [0.2, 0.25) is 0 Å². The predicted octanol–water partition coefficient (Wildman–Crippen LogP) is 11.0. The molecule has 0 fully saturated rings. The molecule has 0 aliphatic rings. The summed E-state index contributed by atoms with van der Waals surface area (Å²) >= 11 is 0. The minimum Gasteiger partial charge on any atom is -0.512 e. The largest absolute Gasteiger partial charge is 0.512 e. The Bertz CT molecular complexity index is 2280. The van der Waals surface area contributed by atoms with Gasteiger partial charge in [-0.1, -0.05) is 85.5 Å². The number of ketones is 1. The van der Waals surface area contributed by atoms with Crippen LogP contribution in [0.25, 0.3) is 65.9 Å². The average Bonchev–Trinajstić information content (AvgIpc) is 3.40. The molecule has 46 heavy (non-hydrogen) atoms. The van der Waals surface area contributed by atoms with E-state index in [9.17, 15) is 4.79 Å².